The maximum Gasteiger partial charge on any atom is 0.352 e. The van der Waals surface area contributed by atoms with Crippen LogP contribution in [-0.2, 0) is 30.8 Å². The molecule has 1 aliphatic carbocycles. The number of allylic oxidation sites excluding steroid dienone is 2. The van der Waals surface area contributed by atoms with Crippen molar-refractivity contribution in [3.63, 3.8) is 0 Å². The van der Waals surface area contributed by atoms with Gasteiger partial charge in [-0.25, -0.2) is 17.9 Å². The summed E-state index contributed by atoms with van der Waals surface area (Å²) in [6.45, 7) is 3.81. The summed E-state index contributed by atoms with van der Waals surface area (Å²) in [5, 5.41) is 22.0. The standard InChI is InChI=1S/C28H39N3O7S/c1-28(2,19-32)18-31-17-22(10-13-24(31)27(35)36)26(34)30-39(37,38)23-11-8-20(9-12-23)14-15-29-25(33)16-21-6-4-3-5-7-21/h8-13,21,32H,3-7,14-19H2,1-2H3,(H,29,33)(H,30,34)(H,35,36). The molecule has 0 radical (unpaired) electrons. The lowest BCUT2D eigenvalue weighted by molar-refractivity contribution is -0.135. The normalized spacial score (nSPS) is 16.7. The third-order valence-electron chi connectivity index (χ3n) is 7.10. The van der Waals surface area contributed by atoms with E-state index in [0.717, 1.165) is 18.4 Å². The Morgan fingerprint density at radius 3 is 2.33 bits per heavy atom. The molecule has 0 saturated heterocycles. The zero-order valence-corrected chi connectivity index (χ0v) is 23.4. The molecule has 10 nitrogen and oxygen atoms in total. The second-order valence-electron chi connectivity index (χ2n) is 11.1. The van der Waals surface area contributed by atoms with Gasteiger partial charge in [-0.3, -0.25) is 9.59 Å². The molecule has 3 rings (SSSR count). The van der Waals surface area contributed by atoms with Crippen molar-refractivity contribution in [3.05, 3.63) is 53.3 Å². The highest BCUT2D eigenvalue weighted by Crippen LogP contribution is 2.26. The van der Waals surface area contributed by atoms with Crippen molar-refractivity contribution >= 4 is 27.8 Å². The first-order chi connectivity index (χ1) is 18.4. The molecule has 1 heterocycles. The topological polar surface area (TPSA) is 153 Å². The molecule has 4 N–H and O–H groups in total. The lowest BCUT2D eigenvalue weighted by atomic mass is 9.87. The van der Waals surface area contributed by atoms with E-state index in [2.05, 4.69) is 10.0 Å². The molecule has 1 fully saturated rings. The molecule has 1 aromatic rings. The van der Waals surface area contributed by atoms with Gasteiger partial charge in [0, 0.05) is 43.7 Å². The van der Waals surface area contributed by atoms with E-state index in [1.54, 1.807) is 26.0 Å². The van der Waals surface area contributed by atoms with Crippen molar-refractivity contribution < 1.29 is 33.0 Å². The average Bonchev–Trinajstić information content (AvgIpc) is 2.89. The number of carboxylic acids is 1. The van der Waals surface area contributed by atoms with E-state index in [1.165, 1.54) is 48.4 Å². The number of benzene rings is 1. The first-order valence-corrected chi connectivity index (χ1v) is 14.8. The van der Waals surface area contributed by atoms with Crippen LogP contribution in [0, 0.1) is 11.3 Å². The number of amides is 2. The average molecular weight is 562 g/mol. The van der Waals surface area contributed by atoms with Gasteiger partial charge in [0.2, 0.25) is 5.91 Å². The number of nitrogens with one attached hydrogen (secondary N) is 2. The van der Waals surface area contributed by atoms with Gasteiger partial charge in [-0.05, 0) is 55.0 Å². The molecular weight excluding hydrogens is 522 g/mol. The molecule has 0 atom stereocenters. The van der Waals surface area contributed by atoms with Gasteiger partial charge >= 0.3 is 5.97 Å². The van der Waals surface area contributed by atoms with Crippen LogP contribution in [0.1, 0.15) is 57.9 Å². The van der Waals surface area contributed by atoms with Gasteiger partial charge in [-0.1, -0.05) is 45.2 Å². The summed E-state index contributed by atoms with van der Waals surface area (Å²) in [7, 11) is -4.17. The van der Waals surface area contributed by atoms with Gasteiger partial charge in [0.1, 0.15) is 5.70 Å². The van der Waals surface area contributed by atoms with Crippen molar-refractivity contribution in [1.82, 2.24) is 14.9 Å². The zero-order chi connectivity index (χ0) is 28.6. The Kier molecular flexibility index (Phi) is 10.3. The number of carbonyl (C=O) groups is 3. The number of aliphatic hydroxyl groups is 1. The van der Waals surface area contributed by atoms with E-state index in [-0.39, 0.29) is 41.8 Å². The quantitative estimate of drug-likeness (QED) is 0.303. The molecule has 0 aromatic heterocycles. The maximum atomic E-state index is 12.8. The Morgan fingerprint density at radius 2 is 1.72 bits per heavy atom. The van der Waals surface area contributed by atoms with Crippen LogP contribution in [0.2, 0.25) is 0 Å². The highest BCUT2D eigenvalue weighted by molar-refractivity contribution is 7.90. The Bertz CT molecular complexity index is 1210. The molecule has 2 amide bonds. The lowest BCUT2D eigenvalue weighted by Gasteiger charge is -2.35. The molecule has 1 saturated carbocycles. The molecule has 1 aromatic carbocycles. The molecule has 0 unspecified atom stereocenters. The smallest absolute Gasteiger partial charge is 0.352 e. The van der Waals surface area contributed by atoms with Crippen LogP contribution in [0.4, 0.5) is 0 Å². The SMILES string of the molecule is CC(C)(CO)CN1CC(C(=O)NS(=O)(=O)c2ccc(CCNC(=O)CC3CCCCC3)cc2)=CC=C1C(=O)O. The lowest BCUT2D eigenvalue weighted by Crippen LogP contribution is -2.43. The minimum atomic E-state index is -4.17. The highest BCUT2D eigenvalue weighted by Gasteiger charge is 2.30. The molecule has 0 spiro atoms. The second kappa shape index (κ2) is 13.3. The summed E-state index contributed by atoms with van der Waals surface area (Å²) in [5.74, 6) is -1.53. The van der Waals surface area contributed by atoms with E-state index < -0.39 is 27.3 Å². The zero-order valence-electron chi connectivity index (χ0n) is 22.6. The van der Waals surface area contributed by atoms with Gasteiger partial charge in [0.25, 0.3) is 15.9 Å². The van der Waals surface area contributed by atoms with Crippen LogP contribution in [-0.4, -0.2) is 67.6 Å². The van der Waals surface area contributed by atoms with Crippen LogP contribution in [0.5, 0.6) is 0 Å². The van der Waals surface area contributed by atoms with Crippen LogP contribution in [0.3, 0.4) is 0 Å². The Balaban J connectivity index is 1.56. The summed E-state index contributed by atoms with van der Waals surface area (Å²) < 4.78 is 27.7. The number of sulfonamides is 1. The van der Waals surface area contributed by atoms with Crippen LogP contribution in [0.25, 0.3) is 0 Å². The first-order valence-electron chi connectivity index (χ1n) is 13.3. The molecule has 39 heavy (non-hydrogen) atoms. The predicted octanol–water partition coefficient (Wildman–Crippen LogP) is 2.35. The number of rotatable bonds is 12. The summed E-state index contributed by atoms with van der Waals surface area (Å²) in [6, 6.07) is 6.10. The summed E-state index contributed by atoms with van der Waals surface area (Å²) in [5.41, 5.74) is 0.246. The fourth-order valence-corrected chi connectivity index (χ4v) is 5.83. The number of hydrogen-bond donors (Lipinski definition) is 4. The minimum Gasteiger partial charge on any atom is -0.477 e. The van der Waals surface area contributed by atoms with E-state index in [0.29, 0.717) is 25.3 Å². The molecule has 214 valence electrons. The van der Waals surface area contributed by atoms with Gasteiger partial charge in [0.05, 0.1) is 4.90 Å². The van der Waals surface area contributed by atoms with Crippen molar-refractivity contribution in [2.75, 3.05) is 26.2 Å². The second-order valence-corrected chi connectivity index (χ2v) is 12.8. The molecular formula is C28H39N3O7S. The highest BCUT2D eigenvalue weighted by atomic mass is 32.2. The maximum absolute atomic E-state index is 12.8. The number of aliphatic carboxylic acids is 1. The molecule has 0 bridgehead atoms. The molecule has 11 heteroatoms. The summed E-state index contributed by atoms with van der Waals surface area (Å²) >= 11 is 0. The third-order valence-corrected chi connectivity index (χ3v) is 8.44. The Hall–Kier alpha value is -3.18. The summed E-state index contributed by atoms with van der Waals surface area (Å²) in [6.07, 6.45) is 9.50. The number of aliphatic hydroxyl groups excluding tert-OH is 1. The molecule has 2 aliphatic rings. The fraction of sp³-hybridized carbons (Fsp3) is 0.536. The molecule has 1 aliphatic heterocycles. The predicted molar refractivity (Wildman–Crippen MR) is 146 cm³/mol. The van der Waals surface area contributed by atoms with Gasteiger partial charge < -0.3 is 20.4 Å². The number of hydrogen-bond acceptors (Lipinski definition) is 7. The van der Waals surface area contributed by atoms with E-state index in [9.17, 15) is 33.0 Å². The van der Waals surface area contributed by atoms with E-state index >= 15 is 0 Å². The third kappa shape index (κ3) is 8.93. The number of carboxylic acid groups (broad SMARTS) is 1. The Morgan fingerprint density at radius 1 is 1.05 bits per heavy atom. The van der Waals surface area contributed by atoms with Gasteiger partial charge in [-0.15, -0.1) is 0 Å². The van der Waals surface area contributed by atoms with E-state index in [1.807, 2.05) is 0 Å². The van der Waals surface area contributed by atoms with Gasteiger partial charge in [-0.2, -0.15) is 0 Å². The van der Waals surface area contributed by atoms with Crippen molar-refractivity contribution in [2.45, 2.75) is 63.7 Å². The first kappa shape index (κ1) is 30.4. The van der Waals surface area contributed by atoms with Crippen molar-refractivity contribution in [1.29, 1.82) is 0 Å². The largest absolute Gasteiger partial charge is 0.477 e. The van der Waals surface area contributed by atoms with Crippen molar-refractivity contribution in [2.24, 2.45) is 11.3 Å². The van der Waals surface area contributed by atoms with Crippen LogP contribution < -0.4 is 10.0 Å². The van der Waals surface area contributed by atoms with Crippen LogP contribution in [0.15, 0.2) is 52.6 Å². The monoisotopic (exact) mass is 561 g/mol. The van der Waals surface area contributed by atoms with E-state index in [4.69, 9.17) is 0 Å². The van der Waals surface area contributed by atoms with Gasteiger partial charge in [0.15, 0.2) is 0 Å². The minimum absolute atomic E-state index is 0.0447. The summed E-state index contributed by atoms with van der Waals surface area (Å²) in [4.78, 5) is 38.0. The van der Waals surface area contributed by atoms with Crippen molar-refractivity contribution in [3.8, 4) is 0 Å². The Labute approximate surface area is 230 Å². The van der Waals surface area contributed by atoms with Crippen LogP contribution >= 0.6 is 0 Å². The number of nitrogens with zero attached hydrogens (tertiary/aromatic N) is 1. The number of carbonyl (C=O) groups excluding carboxylic acids is 2. The fourth-order valence-electron chi connectivity index (χ4n) is 4.84.